The molecule has 10 heteroatoms. The number of hydrogen-bond donors (Lipinski definition) is 3. The van der Waals surface area contributed by atoms with Gasteiger partial charge in [-0.25, -0.2) is 4.98 Å². The van der Waals surface area contributed by atoms with Gasteiger partial charge in [-0.1, -0.05) is 19.3 Å². The second kappa shape index (κ2) is 12.2. The Kier molecular flexibility index (Phi) is 9.33. The third kappa shape index (κ3) is 6.58. The summed E-state index contributed by atoms with van der Waals surface area (Å²) in [5.74, 6) is 3.42. The number of guanidine groups is 1. The van der Waals surface area contributed by atoms with Gasteiger partial charge in [0.2, 0.25) is 5.91 Å². The molecule has 4 rings (SSSR count). The molecule has 1 saturated heterocycles. The first kappa shape index (κ1) is 25.3. The number of halogens is 1. The summed E-state index contributed by atoms with van der Waals surface area (Å²) in [5.41, 5.74) is 0.921. The van der Waals surface area contributed by atoms with Gasteiger partial charge in [-0.05, 0) is 43.5 Å². The molecule has 9 nitrogen and oxygen atoms in total. The fourth-order valence-corrected chi connectivity index (χ4v) is 4.48. The third-order valence-corrected chi connectivity index (χ3v) is 6.32. The number of carbonyl (C=O) groups excluding carboxylic acids is 1. The Bertz CT molecular complexity index is 925. The van der Waals surface area contributed by atoms with E-state index in [1.807, 2.05) is 29.2 Å². The quantitative estimate of drug-likeness (QED) is 0.282. The SMILES string of the molecule is CN=C(NCc1nc(-c2ccc(OC)cc2)n[nH]1)NC1CCN(C(=O)C2CCCCC2)C1.I. The Balaban J connectivity index is 0.00000306. The number of ether oxygens (including phenoxy) is 1. The highest BCUT2D eigenvalue weighted by Gasteiger charge is 2.31. The predicted octanol–water partition coefficient (Wildman–Crippen LogP) is 2.94. The molecule has 2 aliphatic rings. The normalized spacial score (nSPS) is 19.2. The summed E-state index contributed by atoms with van der Waals surface area (Å²) in [6.45, 7) is 2.03. The van der Waals surface area contributed by atoms with Crippen LogP contribution in [0.25, 0.3) is 11.4 Å². The van der Waals surface area contributed by atoms with Crippen molar-refractivity contribution in [2.24, 2.45) is 10.9 Å². The first-order chi connectivity index (χ1) is 15.7. The van der Waals surface area contributed by atoms with Crippen LogP contribution in [-0.2, 0) is 11.3 Å². The number of rotatable bonds is 6. The molecule has 1 aromatic heterocycles. The van der Waals surface area contributed by atoms with Crippen LogP contribution in [0.4, 0.5) is 0 Å². The number of carbonyl (C=O) groups is 1. The van der Waals surface area contributed by atoms with Gasteiger partial charge in [0.15, 0.2) is 11.8 Å². The summed E-state index contributed by atoms with van der Waals surface area (Å²) in [4.78, 5) is 23.7. The van der Waals surface area contributed by atoms with Crippen molar-refractivity contribution < 1.29 is 9.53 Å². The number of nitrogens with one attached hydrogen (secondary N) is 3. The number of benzene rings is 1. The zero-order valence-electron chi connectivity index (χ0n) is 19.3. The number of amides is 1. The number of aliphatic imine (C=N–C) groups is 1. The Hall–Kier alpha value is -2.37. The van der Waals surface area contributed by atoms with Crippen LogP contribution in [0.15, 0.2) is 29.3 Å². The summed E-state index contributed by atoms with van der Waals surface area (Å²) in [7, 11) is 3.39. The molecule has 0 bridgehead atoms. The number of aromatic nitrogens is 3. The topological polar surface area (TPSA) is 108 Å². The molecule has 2 aromatic rings. The highest BCUT2D eigenvalue weighted by molar-refractivity contribution is 14.0. The zero-order valence-corrected chi connectivity index (χ0v) is 21.7. The lowest BCUT2D eigenvalue weighted by atomic mass is 9.88. The smallest absolute Gasteiger partial charge is 0.225 e. The highest BCUT2D eigenvalue weighted by Crippen LogP contribution is 2.26. The van der Waals surface area contributed by atoms with E-state index in [-0.39, 0.29) is 35.9 Å². The van der Waals surface area contributed by atoms with Gasteiger partial charge in [-0.3, -0.25) is 14.9 Å². The van der Waals surface area contributed by atoms with Crippen molar-refractivity contribution in [2.45, 2.75) is 51.1 Å². The zero-order chi connectivity index (χ0) is 22.3. The summed E-state index contributed by atoms with van der Waals surface area (Å²) in [6.07, 6.45) is 6.67. The van der Waals surface area contributed by atoms with Crippen LogP contribution in [0.1, 0.15) is 44.3 Å². The maximum absolute atomic E-state index is 12.8. The number of likely N-dealkylation sites (tertiary alicyclic amines) is 1. The lowest BCUT2D eigenvalue weighted by Gasteiger charge is -2.26. The van der Waals surface area contributed by atoms with Crippen molar-refractivity contribution in [3.8, 4) is 17.1 Å². The third-order valence-electron chi connectivity index (χ3n) is 6.32. The number of aromatic amines is 1. The second-order valence-corrected chi connectivity index (χ2v) is 8.51. The molecule has 33 heavy (non-hydrogen) atoms. The second-order valence-electron chi connectivity index (χ2n) is 8.51. The first-order valence-electron chi connectivity index (χ1n) is 11.5. The minimum Gasteiger partial charge on any atom is -0.497 e. The van der Waals surface area contributed by atoms with Crippen LogP contribution >= 0.6 is 24.0 Å². The molecule has 1 unspecified atom stereocenters. The van der Waals surface area contributed by atoms with Crippen molar-refractivity contribution in [3.63, 3.8) is 0 Å². The molecule has 0 spiro atoms. The first-order valence-corrected chi connectivity index (χ1v) is 11.5. The minimum absolute atomic E-state index is 0. The van der Waals surface area contributed by atoms with Gasteiger partial charge in [0.25, 0.3) is 0 Å². The van der Waals surface area contributed by atoms with Crippen molar-refractivity contribution in [1.29, 1.82) is 0 Å². The lowest BCUT2D eigenvalue weighted by Crippen LogP contribution is -2.45. The van der Waals surface area contributed by atoms with E-state index < -0.39 is 0 Å². The fourth-order valence-electron chi connectivity index (χ4n) is 4.48. The summed E-state index contributed by atoms with van der Waals surface area (Å²) < 4.78 is 5.19. The number of H-pyrrole nitrogens is 1. The monoisotopic (exact) mass is 567 g/mol. The van der Waals surface area contributed by atoms with Crippen LogP contribution in [0.2, 0.25) is 0 Å². The molecule has 180 valence electrons. The van der Waals surface area contributed by atoms with Crippen molar-refractivity contribution in [3.05, 3.63) is 30.1 Å². The van der Waals surface area contributed by atoms with E-state index in [4.69, 9.17) is 4.74 Å². The Morgan fingerprint density at radius 3 is 2.67 bits per heavy atom. The van der Waals surface area contributed by atoms with Crippen LogP contribution in [0.5, 0.6) is 5.75 Å². The molecular formula is C23H34IN7O2. The van der Waals surface area contributed by atoms with Gasteiger partial charge < -0.3 is 20.3 Å². The molecule has 1 aliphatic carbocycles. The molecule has 2 fully saturated rings. The van der Waals surface area contributed by atoms with Crippen molar-refractivity contribution in [2.75, 3.05) is 27.2 Å². The van der Waals surface area contributed by atoms with Gasteiger partial charge in [0.1, 0.15) is 11.6 Å². The molecule has 0 radical (unpaired) electrons. The van der Waals surface area contributed by atoms with Gasteiger partial charge in [-0.2, -0.15) is 5.10 Å². The van der Waals surface area contributed by atoms with Crippen LogP contribution in [0.3, 0.4) is 0 Å². The predicted molar refractivity (Wildman–Crippen MR) is 139 cm³/mol. The molecule has 2 heterocycles. The van der Waals surface area contributed by atoms with Gasteiger partial charge in [0, 0.05) is 37.7 Å². The molecule has 1 aliphatic heterocycles. The Morgan fingerprint density at radius 2 is 1.97 bits per heavy atom. The Labute approximate surface area is 212 Å². The number of hydrogen-bond acceptors (Lipinski definition) is 5. The summed E-state index contributed by atoms with van der Waals surface area (Å²) in [5, 5.41) is 14.0. The van der Waals surface area contributed by atoms with E-state index in [9.17, 15) is 4.79 Å². The van der Waals surface area contributed by atoms with Crippen molar-refractivity contribution >= 4 is 35.8 Å². The molecule has 1 atom stereocenters. The van der Waals surface area contributed by atoms with Gasteiger partial charge >= 0.3 is 0 Å². The van der Waals surface area contributed by atoms with Crippen LogP contribution in [-0.4, -0.2) is 65.2 Å². The maximum atomic E-state index is 12.8. The number of methoxy groups -OCH3 is 1. The molecule has 1 saturated carbocycles. The molecule has 1 amide bonds. The van der Waals surface area contributed by atoms with Crippen LogP contribution in [0, 0.1) is 5.92 Å². The average molecular weight is 567 g/mol. The largest absolute Gasteiger partial charge is 0.497 e. The van der Waals surface area contributed by atoms with Crippen LogP contribution < -0.4 is 15.4 Å². The van der Waals surface area contributed by atoms with E-state index >= 15 is 0 Å². The van der Waals surface area contributed by atoms with E-state index in [1.54, 1.807) is 14.2 Å². The van der Waals surface area contributed by atoms with Crippen molar-refractivity contribution in [1.82, 2.24) is 30.7 Å². The minimum atomic E-state index is 0. The van der Waals surface area contributed by atoms with Gasteiger partial charge in [0.05, 0.1) is 13.7 Å². The summed E-state index contributed by atoms with van der Waals surface area (Å²) >= 11 is 0. The van der Waals surface area contributed by atoms with E-state index in [0.29, 0.717) is 24.2 Å². The lowest BCUT2D eigenvalue weighted by molar-refractivity contribution is -0.135. The van der Waals surface area contributed by atoms with E-state index in [0.717, 1.165) is 49.5 Å². The molecule has 3 N–H and O–H groups in total. The maximum Gasteiger partial charge on any atom is 0.225 e. The molecule has 1 aromatic carbocycles. The van der Waals surface area contributed by atoms with Gasteiger partial charge in [-0.15, -0.1) is 24.0 Å². The average Bonchev–Trinajstić information content (AvgIpc) is 3.52. The standard InChI is InChI=1S/C23H33N7O2.HI/c1-24-23(26-18-12-13-30(15-18)22(31)17-6-4-3-5-7-17)25-14-20-27-21(29-28-20)16-8-10-19(32-2)11-9-16;/h8-11,17-18H,3-7,12-15H2,1-2H3,(H2,24,25,26)(H,27,28,29);1H. The molecular weight excluding hydrogens is 533 g/mol. The Morgan fingerprint density at radius 1 is 1.21 bits per heavy atom. The highest BCUT2D eigenvalue weighted by atomic mass is 127. The van der Waals surface area contributed by atoms with E-state index in [2.05, 4.69) is 30.8 Å². The summed E-state index contributed by atoms with van der Waals surface area (Å²) in [6, 6.07) is 7.84. The fraction of sp³-hybridized carbons (Fsp3) is 0.565. The number of nitrogens with zero attached hydrogens (tertiary/aromatic N) is 4. The van der Waals surface area contributed by atoms with E-state index in [1.165, 1.54) is 19.3 Å².